The molecule has 0 aromatic heterocycles. The summed E-state index contributed by atoms with van der Waals surface area (Å²) >= 11 is 0. The molecule has 0 aliphatic heterocycles. The number of nitriles is 1. The van der Waals surface area contributed by atoms with Gasteiger partial charge in [-0.3, -0.25) is 4.79 Å². The maximum atomic E-state index is 12.4. The Hall–Kier alpha value is -2.08. The Labute approximate surface area is 158 Å². The molecule has 1 aromatic carbocycles. The highest BCUT2D eigenvalue weighted by Gasteiger charge is 2.27. The highest BCUT2D eigenvalue weighted by molar-refractivity contribution is 5.75. The van der Waals surface area contributed by atoms with E-state index >= 15 is 0 Å². The van der Waals surface area contributed by atoms with Crippen LogP contribution in [-0.4, -0.2) is 5.97 Å². The Morgan fingerprint density at radius 2 is 1.92 bits per heavy atom. The van der Waals surface area contributed by atoms with Crippen LogP contribution in [0.1, 0.15) is 70.3 Å². The van der Waals surface area contributed by atoms with E-state index in [0.29, 0.717) is 11.7 Å². The molecule has 0 saturated heterocycles. The topological polar surface area (TPSA) is 50.1 Å². The molecule has 0 unspecified atom stereocenters. The van der Waals surface area contributed by atoms with Crippen LogP contribution in [0.4, 0.5) is 0 Å². The van der Waals surface area contributed by atoms with Crippen LogP contribution in [0.5, 0.6) is 5.75 Å². The summed E-state index contributed by atoms with van der Waals surface area (Å²) < 4.78 is 5.60. The summed E-state index contributed by atoms with van der Waals surface area (Å²) in [5.74, 6) is 1.29. The van der Waals surface area contributed by atoms with Gasteiger partial charge in [0, 0.05) is 6.08 Å². The molecule has 26 heavy (non-hydrogen) atoms. The lowest BCUT2D eigenvalue weighted by atomic mass is 9.80. The molecule has 1 fully saturated rings. The summed E-state index contributed by atoms with van der Waals surface area (Å²) in [5, 5.41) is 8.50. The van der Waals surface area contributed by atoms with Crippen molar-refractivity contribution in [3.63, 3.8) is 0 Å². The van der Waals surface area contributed by atoms with Crippen LogP contribution >= 0.6 is 0 Å². The number of rotatable bonds is 9. The number of benzene rings is 1. The minimum Gasteiger partial charge on any atom is -0.426 e. The Morgan fingerprint density at radius 3 is 2.58 bits per heavy atom. The molecule has 3 heteroatoms. The average Bonchev–Trinajstić information content (AvgIpc) is 2.67. The fourth-order valence-electron chi connectivity index (χ4n) is 3.66. The lowest BCUT2D eigenvalue weighted by Crippen LogP contribution is -2.25. The summed E-state index contributed by atoms with van der Waals surface area (Å²) in [5.41, 5.74) is 1.31. The molecule has 1 aromatic rings. The molecular formula is C23H31NO2. The minimum atomic E-state index is -0.0773. The van der Waals surface area contributed by atoms with E-state index in [0.717, 1.165) is 44.9 Å². The Bertz CT molecular complexity index is 604. The normalized spacial score (nSPS) is 20.0. The van der Waals surface area contributed by atoms with Gasteiger partial charge in [0.05, 0.1) is 12.0 Å². The van der Waals surface area contributed by atoms with Crippen molar-refractivity contribution < 1.29 is 9.53 Å². The summed E-state index contributed by atoms with van der Waals surface area (Å²) in [6.07, 6.45) is 14.3. The number of aryl methyl sites for hydroxylation is 1. The van der Waals surface area contributed by atoms with E-state index in [1.54, 1.807) is 6.08 Å². The molecule has 140 valence electrons. The molecule has 0 bridgehead atoms. The zero-order valence-corrected chi connectivity index (χ0v) is 16.0. The number of ether oxygens (including phenoxy) is 1. The van der Waals surface area contributed by atoms with Crippen molar-refractivity contribution >= 4 is 5.97 Å². The van der Waals surface area contributed by atoms with Crippen LogP contribution < -0.4 is 4.74 Å². The lowest BCUT2D eigenvalue weighted by molar-refractivity contribution is -0.140. The van der Waals surface area contributed by atoms with E-state index < -0.39 is 0 Å². The molecular weight excluding hydrogens is 322 g/mol. The zero-order chi connectivity index (χ0) is 18.6. The van der Waals surface area contributed by atoms with Gasteiger partial charge in [-0.15, -0.1) is 0 Å². The lowest BCUT2D eigenvalue weighted by Gasteiger charge is -2.26. The molecule has 1 saturated carbocycles. The third kappa shape index (κ3) is 7.04. The van der Waals surface area contributed by atoms with Crippen LogP contribution in [-0.2, 0) is 11.2 Å². The van der Waals surface area contributed by atoms with Crippen molar-refractivity contribution in [2.24, 2.45) is 11.8 Å². The first-order valence-electron chi connectivity index (χ1n) is 10.1. The minimum absolute atomic E-state index is 0.0325. The SMILES string of the molecule is CCCCCc1ccc(OC(=O)[C@H]2CC[C@H](CCC=CC#N)CC2)cc1. The van der Waals surface area contributed by atoms with Gasteiger partial charge >= 0.3 is 5.97 Å². The standard InChI is InChI=1S/C23H31NO2/c1-2-3-5-8-20-12-16-22(17-13-20)26-23(25)21-14-10-19(11-15-21)9-6-4-7-18-24/h4,7,12-13,16-17,19,21H,2-3,5-6,8-11,14-15H2,1H3/t19-,21-. The first-order chi connectivity index (χ1) is 12.7. The van der Waals surface area contributed by atoms with Crippen LogP contribution in [0.15, 0.2) is 36.4 Å². The predicted octanol–water partition coefficient (Wildman–Crippen LogP) is 5.99. The predicted molar refractivity (Wildman–Crippen MR) is 105 cm³/mol. The molecule has 2 rings (SSSR count). The van der Waals surface area contributed by atoms with E-state index in [1.807, 2.05) is 24.3 Å². The van der Waals surface area contributed by atoms with Crippen molar-refractivity contribution in [3.05, 3.63) is 42.0 Å². The van der Waals surface area contributed by atoms with Crippen LogP contribution in [0.2, 0.25) is 0 Å². The average molecular weight is 354 g/mol. The number of carbonyl (C=O) groups is 1. The van der Waals surface area contributed by atoms with E-state index in [1.165, 1.54) is 24.8 Å². The quantitative estimate of drug-likeness (QED) is 0.237. The zero-order valence-electron chi connectivity index (χ0n) is 16.0. The number of esters is 1. The molecule has 1 aliphatic rings. The molecule has 0 amide bonds. The summed E-state index contributed by atoms with van der Waals surface area (Å²) in [4.78, 5) is 12.4. The van der Waals surface area contributed by atoms with Crippen molar-refractivity contribution in [1.82, 2.24) is 0 Å². The van der Waals surface area contributed by atoms with Gasteiger partial charge in [0.15, 0.2) is 0 Å². The highest BCUT2D eigenvalue weighted by Crippen LogP contribution is 2.32. The number of nitrogens with zero attached hydrogens (tertiary/aromatic N) is 1. The molecule has 1 aliphatic carbocycles. The third-order valence-electron chi connectivity index (χ3n) is 5.32. The monoisotopic (exact) mass is 353 g/mol. The van der Waals surface area contributed by atoms with Gasteiger partial charge in [0.25, 0.3) is 0 Å². The van der Waals surface area contributed by atoms with E-state index in [4.69, 9.17) is 10.00 Å². The fraction of sp³-hybridized carbons (Fsp3) is 0.565. The number of hydrogen-bond acceptors (Lipinski definition) is 3. The number of carbonyl (C=O) groups excluding carboxylic acids is 1. The van der Waals surface area contributed by atoms with Crippen molar-refractivity contribution in [1.29, 1.82) is 5.26 Å². The van der Waals surface area contributed by atoms with Gasteiger partial charge in [0.1, 0.15) is 5.75 Å². The number of allylic oxidation sites excluding steroid dienone is 2. The maximum absolute atomic E-state index is 12.4. The summed E-state index contributed by atoms with van der Waals surface area (Å²) in [6.45, 7) is 2.21. The fourth-order valence-corrected chi connectivity index (χ4v) is 3.66. The smallest absolute Gasteiger partial charge is 0.314 e. The van der Waals surface area contributed by atoms with E-state index in [9.17, 15) is 4.79 Å². The third-order valence-corrected chi connectivity index (χ3v) is 5.32. The van der Waals surface area contributed by atoms with E-state index in [-0.39, 0.29) is 11.9 Å². The second-order valence-electron chi connectivity index (χ2n) is 7.35. The second kappa shape index (κ2) is 11.5. The van der Waals surface area contributed by atoms with Gasteiger partial charge in [-0.2, -0.15) is 5.26 Å². The number of hydrogen-bond donors (Lipinski definition) is 0. The maximum Gasteiger partial charge on any atom is 0.314 e. The van der Waals surface area contributed by atoms with Gasteiger partial charge in [-0.1, -0.05) is 38.0 Å². The van der Waals surface area contributed by atoms with E-state index in [2.05, 4.69) is 19.1 Å². The summed E-state index contributed by atoms with van der Waals surface area (Å²) in [7, 11) is 0. The Morgan fingerprint density at radius 1 is 1.19 bits per heavy atom. The summed E-state index contributed by atoms with van der Waals surface area (Å²) in [6, 6.07) is 10.0. The second-order valence-corrected chi connectivity index (χ2v) is 7.35. The first-order valence-corrected chi connectivity index (χ1v) is 10.1. The number of unbranched alkanes of at least 4 members (excludes halogenated alkanes) is 2. The van der Waals surface area contributed by atoms with Gasteiger partial charge in [-0.25, -0.2) is 0 Å². The van der Waals surface area contributed by atoms with Crippen LogP contribution in [0.3, 0.4) is 0 Å². The highest BCUT2D eigenvalue weighted by atomic mass is 16.5. The first kappa shape index (κ1) is 20.2. The largest absolute Gasteiger partial charge is 0.426 e. The van der Waals surface area contributed by atoms with Crippen LogP contribution in [0.25, 0.3) is 0 Å². The Balaban J connectivity index is 1.71. The molecule has 0 N–H and O–H groups in total. The molecule has 0 spiro atoms. The van der Waals surface area contributed by atoms with Crippen molar-refractivity contribution in [3.8, 4) is 11.8 Å². The van der Waals surface area contributed by atoms with Crippen molar-refractivity contribution in [2.45, 2.75) is 71.1 Å². The van der Waals surface area contributed by atoms with Gasteiger partial charge in [0.2, 0.25) is 0 Å². The van der Waals surface area contributed by atoms with Crippen LogP contribution in [0, 0.1) is 23.2 Å². The molecule has 0 radical (unpaired) electrons. The molecule has 0 atom stereocenters. The molecule has 3 nitrogen and oxygen atoms in total. The van der Waals surface area contributed by atoms with Gasteiger partial charge < -0.3 is 4.74 Å². The Kier molecular flexibility index (Phi) is 8.96. The van der Waals surface area contributed by atoms with Gasteiger partial charge in [-0.05, 0) is 75.0 Å². The van der Waals surface area contributed by atoms with Crippen molar-refractivity contribution in [2.75, 3.05) is 0 Å². The molecule has 0 heterocycles.